The van der Waals surface area contributed by atoms with Crippen molar-refractivity contribution in [2.45, 2.75) is 37.8 Å². The van der Waals surface area contributed by atoms with E-state index in [4.69, 9.17) is 4.74 Å². The molecule has 8 nitrogen and oxygen atoms in total. The summed E-state index contributed by atoms with van der Waals surface area (Å²) in [4.78, 5) is 24.9. The highest BCUT2D eigenvalue weighted by molar-refractivity contribution is 6.03. The molecule has 0 radical (unpaired) electrons. The number of nitrogens with one attached hydrogen (secondary N) is 3. The standard InChI is InChI=1S/C21H27N5O3.ClH/c27-20(23-17-8-12-29-13-9-17)15-3-5-16(6-4-15)24-21(28)19-7-11-26(25-19)18-2-1-10-22-14-18;/h3-7,11,17-18,22H,1-2,8-10,12-14H2,(H,23,27)(H,24,28);1H. The number of carbonyl (C=O) groups excluding carboxylic acids is 2. The van der Waals surface area contributed by atoms with Gasteiger partial charge >= 0.3 is 0 Å². The van der Waals surface area contributed by atoms with Crippen molar-refractivity contribution < 1.29 is 14.3 Å². The van der Waals surface area contributed by atoms with Gasteiger partial charge in [0.05, 0.1) is 6.04 Å². The fraction of sp³-hybridized carbons (Fsp3) is 0.476. The van der Waals surface area contributed by atoms with Crippen molar-refractivity contribution in [1.82, 2.24) is 20.4 Å². The second-order valence-electron chi connectivity index (χ2n) is 7.57. The van der Waals surface area contributed by atoms with E-state index in [-0.39, 0.29) is 30.3 Å². The Morgan fingerprint density at radius 1 is 1.07 bits per heavy atom. The third kappa shape index (κ3) is 5.59. The number of hydrogen-bond donors (Lipinski definition) is 3. The molecule has 162 valence electrons. The van der Waals surface area contributed by atoms with Gasteiger partial charge in [-0.2, -0.15) is 5.10 Å². The van der Waals surface area contributed by atoms with Crippen LogP contribution in [0.4, 0.5) is 5.69 Å². The molecule has 1 atom stereocenters. The molecular formula is C21H28ClN5O3. The van der Waals surface area contributed by atoms with Crippen LogP contribution in [0.15, 0.2) is 36.5 Å². The normalized spacial score (nSPS) is 19.5. The number of benzene rings is 1. The fourth-order valence-corrected chi connectivity index (χ4v) is 3.73. The maximum Gasteiger partial charge on any atom is 0.276 e. The van der Waals surface area contributed by atoms with Crippen LogP contribution < -0.4 is 16.0 Å². The zero-order valence-electron chi connectivity index (χ0n) is 16.8. The quantitative estimate of drug-likeness (QED) is 0.672. The molecule has 2 saturated heterocycles. The topological polar surface area (TPSA) is 97.3 Å². The maximum atomic E-state index is 12.5. The molecule has 0 spiro atoms. The van der Waals surface area contributed by atoms with Crippen LogP contribution in [-0.4, -0.2) is 53.9 Å². The number of anilines is 1. The van der Waals surface area contributed by atoms with Gasteiger partial charge < -0.3 is 20.7 Å². The molecule has 0 bridgehead atoms. The van der Waals surface area contributed by atoms with Crippen LogP contribution in [0.3, 0.4) is 0 Å². The average molecular weight is 434 g/mol. The minimum absolute atomic E-state index is 0. The maximum absolute atomic E-state index is 12.5. The van der Waals surface area contributed by atoms with Crippen LogP contribution >= 0.6 is 12.4 Å². The minimum Gasteiger partial charge on any atom is -0.381 e. The Morgan fingerprint density at radius 3 is 2.53 bits per heavy atom. The van der Waals surface area contributed by atoms with Crippen molar-refractivity contribution in [3.05, 3.63) is 47.8 Å². The summed E-state index contributed by atoms with van der Waals surface area (Å²) in [7, 11) is 0. The Morgan fingerprint density at radius 2 is 1.83 bits per heavy atom. The molecule has 3 heterocycles. The van der Waals surface area contributed by atoms with E-state index in [0.29, 0.717) is 36.2 Å². The number of nitrogens with zero attached hydrogens (tertiary/aromatic N) is 2. The van der Waals surface area contributed by atoms with E-state index in [1.807, 2.05) is 10.9 Å². The van der Waals surface area contributed by atoms with E-state index >= 15 is 0 Å². The van der Waals surface area contributed by atoms with Gasteiger partial charge in [-0.1, -0.05) is 0 Å². The van der Waals surface area contributed by atoms with Gasteiger partial charge in [-0.05, 0) is 62.6 Å². The van der Waals surface area contributed by atoms with Gasteiger partial charge in [-0.25, -0.2) is 0 Å². The highest BCUT2D eigenvalue weighted by atomic mass is 35.5. The zero-order chi connectivity index (χ0) is 20.1. The highest BCUT2D eigenvalue weighted by Crippen LogP contribution is 2.17. The van der Waals surface area contributed by atoms with Crippen LogP contribution in [0.1, 0.15) is 52.6 Å². The molecule has 2 amide bonds. The van der Waals surface area contributed by atoms with Crippen LogP contribution in [0.5, 0.6) is 0 Å². The second kappa shape index (κ2) is 10.6. The van der Waals surface area contributed by atoms with Gasteiger partial charge in [0.2, 0.25) is 0 Å². The number of hydrogen-bond acceptors (Lipinski definition) is 5. The van der Waals surface area contributed by atoms with E-state index in [0.717, 1.165) is 38.8 Å². The molecule has 2 aliphatic heterocycles. The molecule has 2 aromatic rings. The second-order valence-corrected chi connectivity index (χ2v) is 7.57. The average Bonchev–Trinajstić information content (AvgIpc) is 3.26. The summed E-state index contributed by atoms with van der Waals surface area (Å²) in [5, 5.41) is 13.7. The lowest BCUT2D eigenvalue weighted by Crippen LogP contribution is -2.38. The largest absolute Gasteiger partial charge is 0.381 e. The van der Waals surface area contributed by atoms with Gasteiger partial charge in [0.15, 0.2) is 5.69 Å². The fourth-order valence-electron chi connectivity index (χ4n) is 3.73. The Kier molecular flexibility index (Phi) is 7.84. The van der Waals surface area contributed by atoms with Crippen molar-refractivity contribution in [3.63, 3.8) is 0 Å². The van der Waals surface area contributed by atoms with E-state index < -0.39 is 0 Å². The first-order chi connectivity index (χ1) is 14.2. The molecule has 30 heavy (non-hydrogen) atoms. The number of ether oxygens (including phenoxy) is 1. The van der Waals surface area contributed by atoms with Crippen LogP contribution in [0.25, 0.3) is 0 Å². The third-order valence-corrected chi connectivity index (χ3v) is 5.45. The van der Waals surface area contributed by atoms with E-state index in [9.17, 15) is 9.59 Å². The monoisotopic (exact) mass is 433 g/mol. The van der Waals surface area contributed by atoms with Crippen molar-refractivity contribution >= 4 is 29.9 Å². The number of amides is 2. The molecule has 4 rings (SSSR count). The molecule has 1 aromatic heterocycles. The van der Waals surface area contributed by atoms with Gasteiger partial charge in [0.1, 0.15) is 0 Å². The third-order valence-electron chi connectivity index (χ3n) is 5.45. The Labute approximate surface area is 182 Å². The van der Waals surface area contributed by atoms with Crippen molar-refractivity contribution in [1.29, 1.82) is 0 Å². The SMILES string of the molecule is Cl.O=C(NC1CCOCC1)c1ccc(NC(=O)c2ccn(C3CCCNC3)n2)cc1. The molecule has 3 N–H and O–H groups in total. The van der Waals surface area contributed by atoms with E-state index in [2.05, 4.69) is 21.0 Å². The zero-order valence-corrected chi connectivity index (χ0v) is 17.6. The predicted molar refractivity (Wildman–Crippen MR) is 116 cm³/mol. The van der Waals surface area contributed by atoms with E-state index in [1.54, 1.807) is 30.3 Å². The van der Waals surface area contributed by atoms with Gasteiger partial charge in [-0.3, -0.25) is 14.3 Å². The summed E-state index contributed by atoms with van der Waals surface area (Å²) in [6, 6.07) is 9.09. The summed E-state index contributed by atoms with van der Waals surface area (Å²) < 4.78 is 7.18. The Hall–Kier alpha value is -2.42. The number of halogens is 1. The van der Waals surface area contributed by atoms with Gasteiger partial charge in [-0.15, -0.1) is 12.4 Å². The summed E-state index contributed by atoms with van der Waals surface area (Å²) >= 11 is 0. The molecule has 1 aromatic carbocycles. The summed E-state index contributed by atoms with van der Waals surface area (Å²) in [5.74, 6) is -0.360. The van der Waals surface area contributed by atoms with Gasteiger partial charge in [0, 0.05) is 43.2 Å². The number of aromatic nitrogens is 2. The first-order valence-electron chi connectivity index (χ1n) is 10.2. The summed E-state index contributed by atoms with van der Waals surface area (Å²) in [5.41, 5.74) is 1.59. The van der Waals surface area contributed by atoms with Crippen molar-refractivity contribution in [2.24, 2.45) is 0 Å². The molecular weight excluding hydrogens is 406 g/mol. The Balaban J connectivity index is 0.00000256. The molecule has 0 aliphatic carbocycles. The number of piperidine rings is 1. The lowest BCUT2D eigenvalue weighted by atomic mass is 10.1. The number of rotatable bonds is 5. The molecule has 1 unspecified atom stereocenters. The molecule has 9 heteroatoms. The lowest BCUT2D eigenvalue weighted by Gasteiger charge is -2.23. The molecule has 2 aliphatic rings. The highest BCUT2D eigenvalue weighted by Gasteiger charge is 2.19. The van der Waals surface area contributed by atoms with Crippen LogP contribution in [0.2, 0.25) is 0 Å². The Bertz CT molecular complexity index is 843. The van der Waals surface area contributed by atoms with E-state index in [1.165, 1.54) is 0 Å². The van der Waals surface area contributed by atoms with Gasteiger partial charge in [0.25, 0.3) is 11.8 Å². The summed E-state index contributed by atoms with van der Waals surface area (Å²) in [6.45, 7) is 3.28. The first-order valence-corrected chi connectivity index (χ1v) is 10.2. The van der Waals surface area contributed by atoms with Crippen molar-refractivity contribution in [3.8, 4) is 0 Å². The van der Waals surface area contributed by atoms with Crippen LogP contribution in [0, 0.1) is 0 Å². The lowest BCUT2D eigenvalue weighted by molar-refractivity contribution is 0.0696. The first kappa shape index (κ1) is 22.3. The molecule has 2 fully saturated rings. The van der Waals surface area contributed by atoms with Crippen molar-refractivity contribution in [2.75, 3.05) is 31.6 Å². The smallest absolute Gasteiger partial charge is 0.276 e. The minimum atomic E-state index is -0.257. The molecule has 0 saturated carbocycles. The van der Waals surface area contributed by atoms with Crippen LogP contribution in [-0.2, 0) is 4.74 Å². The predicted octanol–water partition coefficient (Wildman–Crippen LogP) is 2.39. The summed E-state index contributed by atoms with van der Waals surface area (Å²) in [6.07, 6.45) is 5.71. The number of carbonyl (C=O) groups is 2.